The van der Waals surface area contributed by atoms with Gasteiger partial charge in [0.1, 0.15) is 19.8 Å². The summed E-state index contributed by atoms with van der Waals surface area (Å²) >= 11 is 0. The van der Waals surface area contributed by atoms with Gasteiger partial charge >= 0.3 is 29.3 Å². The molecule has 2 amide bonds. The molecule has 0 spiro atoms. The van der Waals surface area contributed by atoms with Crippen LogP contribution in [0.25, 0.3) is 0 Å². The van der Waals surface area contributed by atoms with E-state index in [0.717, 1.165) is 52.2 Å². The highest BCUT2D eigenvalue weighted by molar-refractivity contribution is 5.67. The molecule has 0 radical (unpaired) electrons. The van der Waals surface area contributed by atoms with Crippen molar-refractivity contribution >= 4 is 12.2 Å². The summed E-state index contributed by atoms with van der Waals surface area (Å²) in [5.41, 5.74) is -1.82. The standard InChI is InChI=1S/C30H48N6O8/c1-3-22-43-26(37)32-17-11-5-7-13-19-34-28(39)35(20-14-8-6-12-18-33-27(38)44-23-4-2)30(41)36(29(34)40)21-15-9-10-16-24-42-25-31/h3-4H,1-2,5-24H2,(H,32,37)(H,33,38). The zero-order valence-corrected chi connectivity index (χ0v) is 25.8. The number of carbonyl (C=O) groups is 2. The summed E-state index contributed by atoms with van der Waals surface area (Å²) < 4.78 is 17.8. The Balaban J connectivity index is 2.74. The molecule has 1 heterocycles. The van der Waals surface area contributed by atoms with Crippen molar-refractivity contribution in [3.63, 3.8) is 0 Å². The Morgan fingerprint density at radius 1 is 0.636 bits per heavy atom. The first-order chi connectivity index (χ1) is 21.4. The first-order valence-corrected chi connectivity index (χ1v) is 15.4. The Labute approximate surface area is 258 Å². The van der Waals surface area contributed by atoms with Crippen molar-refractivity contribution in [1.82, 2.24) is 24.3 Å². The van der Waals surface area contributed by atoms with E-state index < -0.39 is 29.3 Å². The molecule has 0 bridgehead atoms. The first kappa shape index (κ1) is 37.7. The molecule has 0 unspecified atom stereocenters. The van der Waals surface area contributed by atoms with Crippen LogP contribution in [-0.2, 0) is 33.8 Å². The number of aromatic nitrogens is 3. The van der Waals surface area contributed by atoms with Gasteiger partial charge in [0, 0.05) is 32.7 Å². The Morgan fingerprint density at radius 2 is 1.00 bits per heavy atom. The van der Waals surface area contributed by atoms with Crippen LogP contribution in [0.5, 0.6) is 0 Å². The molecule has 0 aliphatic rings. The maximum Gasteiger partial charge on any atom is 0.407 e. The predicted molar refractivity (Wildman–Crippen MR) is 165 cm³/mol. The molecule has 0 saturated carbocycles. The molecule has 246 valence electrons. The summed E-state index contributed by atoms with van der Waals surface area (Å²) in [5.74, 6) is 0. The minimum Gasteiger partial charge on any atom is -0.445 e. The average Bonchev–Trinajstić information content (AvgIpc) is 3.01. The summed E-state index contributed by atoms with van der Waals surface area (Å²) in [5, 5.41) is 13.8. The number of rotatable bonds is 25. The normalized spacial score (nSPS) is 10.4. The van der Waals surface area contributed by atoms with Crippen LogP contribution >= 0.6 is 0 Å². The lowest BCUT2D eigenvalue weighted by Gasteiger charge is -2.14. The lowest BCUT2D eigenvalue weighted by atomic mass is 10.2. The van der Waals surface area contributed by atoms with Crippen molar-refractivity contribution in [3.05, 3.63) is 56.8 Å². The van der Waals surface area contributed by atoms with Gasteiger partial charge in [-0.2, -0.15) is 5.26 Å². The molecule has 1 aromatic heterocycles. The highest BCUT2D eigenvalue weighted by atomic mass is 16.6. The number of nitrogens with one attached hydrogen (secondary N) is 2. The fourth-order valence-corrected chi connectivity index (χ4v) is 4.35. The van der Waals surface area contributed by atoms with E-state index in [-0.39, 0.29) is 32.8 Å². The van der Waals surface area contributed by atoms with Gasteiger partial charge < -0.3 is 24.8 Å². The van der Waals surface area contributed by atoms with E-state index in [4.69, 9.17) is 14.7 Å². The van der Waals surface area contributed by atoms with Crippen molar-refractivity contribution in [1.29, 1.82) is 5.26 Å². The van der Waals surface area contributed by atoms with E-state index in [1.165, 1.54) is 12.2 Å². The summed E-state index contributed by atoms with van der Waals surface area (Å²) in [6, 6.07) is 0. The van der Waals surface area contributed by atoms with Gasteiger partial charge in [0.15, 0.2) is 0 Å². The minimum absolute atomic E-state index is 0.143. The monoisotopic (exact) mass is 620 g/mol. The van der Waals surface area contributed by atoms with Crippen LogP contribution in [0.3, 0.4) is 0 Å². The number of amides is 2. The summed E-state index contributed by atoms with van der Waals surface area (Å²) in [4.78, 5) is 62.6. The van der Waals surface area contributed by atoms with Gasteiger partial charge in [-0.15, -0.1) is 0 Å². The number of alkyl carbamates (subject to hydrolysis) is 2. The fourth-order valence-electron chi connectivity index (χ4n) is 4.35. The first-order valence-electron chi connectivity index (χ1n) is 15.4. The minimum atomic E-state index is -0.608. The molecule has 14 heteroatoms. The highest BCUT2D eigenvalue weighted by Gasteiger charge is 2.15. The zero-order chi connectivity index (χ0) is 32.4. The van der Waals surface area contributed by atoms with E-state index in [1.54, 1.807) is 6.26 Å². The van der Waals surface area contributed by atoms with E-state index in [0.29, 0.717) is 58.2 Å². The second kappa shape index (κ2) is 24.2. The SMILES string of the molecule is C=CCOC(=O)NCCCCCCn1c(=O)n(CCCCCCNC(=O)OCC=C)c(=O)n(CCCCCCOC#N)c1=O. The fraction of sp³-hybridized carbons (Fsp3) is 0.667. The Hall–Kier alpha value is -4.28. The summed E-state index contributed by atoms with van der Waals surface area (Å²) in [6.07, 6.45) is 12.0. The molecule has 0 aliphatic heterocycles. The lowest BCUT2D eigenvalue weighted by molar-refractivity contribution is 0.157. The molecule has 0 atom stereocenters. The van der Waals surface area contributed by atoms with E-state index in [9.17, 15) is 24.0 Å². The quantitative estimate of drug-likeness (QED) is 0.0944. The summed E-state index contributed by atoms with van der Waals surface area (Å²) in [7, 11) is 0. The number of carbonyl (C=O) groups excluding carboxylic acids is 2. The van der Waals surface area contributed by atoms with E-state index in [1.807, 2.05) is 0 Å². The highest BCUT2D eigenvalue weighted by Crippen LogP contribution is 2.03. The molecule has 0 aliphatic carbocycles. The van der Waals surface area contributed by atoms with Gasteiger partial charge in [0.05, 0.1) is 0 Å². The number of ether oxygens (including phenoxy) is 3. The van der Waals surface area contributed by atoms with Crippen LogP contribution in [0.2, 0.25) is 0 Å². The van der Waals surface area contributed by atoms with Crippen LogP contribution in [-0.4, -0.2) is 58.8 Å². The maximum absolute atomic E-state index is 13.2. The van der Waals surface area contributed by atoms with Crippen LogP contribution in [0.4, 0.5) is 9.59 Å². The van der Waals surface area contributed by atoms with Crippen LogP contribution in [0, 0.1) is 11.5 Å². The molecule has 0 saturated heterocycles. The van der Waals surface area contributed by atoms with Gasteiger partial charge in [-0.05, 0) is 44.9 Å². The average molecular weight is 621 g/mol. The second-order valence-corrected chi connectivity index (χ2v) is 10.1. The molecule has 2 N–H and O–H groups in total. The topological polar surface area (TPSA) is 176 Å². The molecular formula is C30H48N6O8. The van der Waals surface area contributed by atoms with Gasteiger partial charge in [-0.25, -0.2) is 37.7 Å². The van der Waals surface area contributed by atoms with Crippen molar-refractivity contribution in [2.24, 2.45) is 0 Å². The molecule has 1 aromatic rings. The van der Waals surface area contributed by atoms with Crippen LogP contribution in [0.1, 0.15) is 77.0 Å². The summed E-state index contributed by atoms with van der Waals surface area (Å²) in [6.45, 7) is 9.05. The lowest BCUT2D eigenvalue weighted by Crippen LogP contribution is -2.54. The number of unbranched alkanes of at least 4 members (excludes halogenated alkanes) is 9. The number of hydrogen-bond acceptors (Lipinski definition) is 9. The zero-order valence-electron chi connectivity index (χ0n) is 25.8. The van der Waals surface area contributed by atoms with E-state index in [2.05, 4.69) is 28.5 Å². The predicted octanol–water partition coefficient (Wildman–Crippen LogP) is 3.17. The van der Waals surface area contributed by atoms with Crippen LogP contribution < -0.4 is 27.7 Å². The molecule has 1 rings (SSSR count). The van der Waals surface area contributed by atoms with Crippen molar-refractivity contribution < 1.29 is 23.8 Å². The van der Waals surface area contributed by atoms with Crippen molar-refractivity contribution in [2.45, 2.75) is 96.7 Å². The maximum atomic E-state index is 13.2. The van der Waals surface area contributed by atoms with Crippen LogP contribution in [0.15, 0.2) is 39.7 Å². The molecule has 0 aromatic carbocycles. The molecule has 14 nitrogen and oxygen atoms in total. The Kier molecular flexibility index (Phi) is 20.8. The number of nitriles is 1. The molecular weight excluding hydrogens is 572 g/mol. The third-order valence-electron chi connectivity index (χ3n) is 6.65. The van der Waals surface area contributed by atoms with Gasteiger partial charge in [-0.1, -0.05) is 57.4 Å². The third-order valence-corrected chi connectivity index (χ3v) is 6.65. The molecule has 0 fully saturated rings. The van der Waals surface area contributed by atoms with E-state index >= 15 is 0 Å². The third kappa shape index (κ3) is 15.8. The Bertz CT molecular complexity index is 1150. The smallest absolute Gasteiger partial charge is 0.407 e. The van der Waals surface area contributed by atoms with Crippen molar-refractivity contribution in [2.75, 3.05) is 32.9 Å². The van der Waals surface area contributed by atoms with Crippen molar-refractivity contribution in [3.8, 4) is 6.26 Å². The molecule has 44 heavy (non-hydrogen) atoms. The number of hydrogen-bond donors (Lipinski definition) is 2. The number of nitrogens with zero attached hydrogens (tertiary/aromatic N) is 4. The van der Waals surface area contributed by atoms with Gasteiger partial charge in [0.2, 0.25) is 0 Å². The van der Waals surface area contributed by atoms with Gasteiger partial charge in [0.25, 0.3) is 6.26 Å². The Morgan fingerprint density at radius 3 is 1.36 bits per heavy atom. The largest absolute Gasteiger partial charge is 0.445 e. The van der Waals surface area contributed by atoms with Gasteiger partial charge in [-0.3, -0.25) is 0 Å². The second-order valence-electron chi connectivity index (χ2n) is 10.1.